The van der Waals surface area contributed by atoms with Crippen LogP contribution < -0.4 is 5.32 Å². The summed E-state index contributed by atoms with van der Waals surface area (Å²) in [5.41, 5.74) is 2.68. The van der Waals surface area contributed by atoms with E-state index in [4.69, 9.17) is 0 Å². The van der Waals surface area contributed by atoms with Crippen LogP contribution in [0.5, 0.6) is 0 Å². The highest BCUT2D eigenvalue weighted by atomic mass is 16.5. The first-order valence-electron chi connectivity index (χ1n) is 7.06. The van der Waals surface area contributed by atoms with Crippen molar-refractivity contribution in [1.29, 1.82) is 0 Å². The van der Waals surface area contributed by atoms with Gasteiger partial charge < -0.3 is 10.1 Å². The summed E-state index contributed by atoms with van der Waals surface area (Å²) < 4.78 is 4.61. The van der Waals surface area contributed by atoms with Crippen LogP contribution in [0.15, 0.2) is 24.3 Å². The van der Waals surface area contributed by atoms with Crippen LogP contribution in [0, 0.1) is 0 Å². The number of rotatable bonds is 8. The van der Waals surface area contributed by atoms with Gasteiger partial charge in [-0.1, -0.05) is 37.6 Å². The van der Waals surface area contributed by atoms with Gasteiger partial charge in [0.2, 0.25) is 0 Å². The zero-order valence-corrected chi connectivity index (χ0v) is 12.2. The molecule has 0 aliphatic rings. The van der Waals surface area contributed by atoms with Gasteiger partial charge in [-0.15, -0.1) is 0 Å². The Kier molecular flexibility index (Phi) is 7.19. The highest BCUT2D eigenvalue weighted by Gasteiger charge is 2.05. The first-order valence-corrected chi connectivity index (χ1v) is 7.06. The fraction of sp³-hybridized carbons (Fsp3) is 0.562. The van der Waals surface area contributed by atoms with Crippen molar-refractivity contribution in [2.75, 3.05) is 13.7 Å². The van der Waals surface area contributed by atoms with Crippen LogP contribution in [0.2, 0.25) is 0 Å². The summed E-state index contributed by atoms with van der Waals surface area (Å²) in [6.45, 7) is 5.17. The number of benzene rings is 1. The lowest BCUT2D eigenvalue weighted by Crippen LogP contribution is -2.20. The number of ether oxygens (including phenoxy) is 1. The van der Waals surface area contributed by atoms with E-state index < -0.39 is 0 Å². The second-order valence-corrected chi connectivity index (χ2v) is 4.85. The predicted molar refractivity (Wildman–Crippen MR) is 78.1 cm³/mol. The van der Waals surface area contributed by atoms with E-state index in [9.17, 15) is 4.79 Å². The molecule has 1 N–H and O–H groups in total. The molecule has 0 aromatic heterocycles. The summed E-state index contributed by atoms with van der Waals surface area (Å²) in [5.74, 6) is -0.140. The van der Waals surface area contributed by atoms with Gasteiger partial charge in [0.15, 0.2) is 0 Å². The summed E-state index contributed by atoms with van der Waals surface area (Å²) in [4.78, 5) is 11.0. The molecule has 19 heavy (non-hydrogen) atoms. The first-order chi connectivity index (χ1) is 9.17. The fourth-order valence-electron chi connectivity index (χ4n) is 2.03. The van der Waals surface area contributed by atoms with E-state index in [1.165, 1.54) is 24.7 Å². The topological polar surface area (TPSA) is 38.3 Å². The molecule has 1 aromatic rings. The summed E-state index contributed by atoms with van der Waals surface area (Å²) in [6, 6.07) is 9.08. The Labute approximate surface area is 116 Å². The number of hydrogen-bond acceptors (Lipinski definition) is 3. The van der Waals surface area contributed by atoms with Crippen molar-refractivity contribution in [3.63, 3.8) is 0 Å². The van der Waals surface area contributed by atoms with Crippen molar-refractivity contribution in [2.45, 2.75) is 45.6 Å². The van der Waals surface area contributed by atoms with Crippen molar-refractivity contribution in [3.8, 4) is 0 Å². The molecule has 3 nitrogen and oxygen atoms in total. The van der Waals surface area contributed by atoms with Gasteiger partial charge in [-0.3, -0.25) is 4.79 Å². The Balaban J connectivity index is 2.32. The third-order valence-electron chi connectivity index (χ3n) is 3.25. The number of methoxy groups -OCH3 is 1. The molecule has 0 saturated heterocycles. The van der Waals surface area contributed by atoms with E-state index in [0.717, 1.165) is 19.4 Å². The number of aryl methyl sites for hydroxylation is 1. The van der Waals surface area contributed by atoms with Gasteiger partial charge >= 0.3 is 5.97 Å². The number of nitrogens with one attached hydrogen (secondary N) is 1. The lowest BCUT2D eigenvalue weighted by Gasteiger charge is -2.14. The van der Waals surface area contributed by atoms with Crippen LogP contribution in [0.4, 0.5) is 0 Å². The zero-order valence-electron chi connectivity index (χ0n) is 12.2. The van der Waals surface area contributed by atoms with E-state index in [1.54, 1.807) is 0 Å². The lowest BCUT2D eigenvalue weighted by atomic mass is 10.0. The highest BCUT2D eigenvalue weighted by molar-refractivity contribution is 5.69. The Morgan fingerprint density at radius 2 is 2.00 bits per heavy atom. The van der Waals surface area contributed by atoms with Gasteiger partial charge in [-0.05, 0) is 37.4 Å². The van der Waals surface area contributed by atoms with E-state index in [-0.39, 0.29) is 5.97 Å². The number of hydrogen-bond donors (Lipinski definition) is 1. The molecule has 0 saturated carbocycles. The third-order valence-corrected chi connectivity index (χ3v) is 3.25. The maximum Gasteiger partial charge on any atom is 0.305 e. The smallest absolute Gasteiger partial charge is 0.305 e. The average molecular weight is 263 g/mol. The third kappa shape index (κ3) is 5.88. The van der Waals surface area contributed by atoms with Gasteiger partial charge in [0.25, 0.3) is 0 Å². The number of carbonyl (C=O) groups is 1. The summed E-state index contributed by atoms with van der Waals surface area (Å²) >= 11 is 0. The summed E-state index contributed by atoms with van der Waals surface area (Å²) in [7, 11) is 1.43. The van der Waals surface area contributed by atoms with E-state index in [2.05, 4.69) is 48.2 Å². The fourth-order valence-corrected chi connectivity index (χ4v) is 2.03. The van der Waals surface area contributed by atoms with Crippen LogP contribution in [-0.2, 0) is 16.0 Å². The Hall–Kier alpha value is -1.35. The van der Waals surface area contributed by atoms with Crippen molar-refractivity contribution in [1.82, 2.24) is 5.32 Å². The second-order valence-electron chi connectivity index (χ2n) is 4.85. The molecule has 1 rings (SSSR count). The minimum absolute atomic E-state index is 0.140. The van der Waals surface area contributed by atoms with Crippen LogP contribution in [0.3, 0.4) is 0 Å². The van der Waals surface area contributed by atoms with Crippen molar-refractivity contribution < 1.29 is 9.53 Å². The molecule has 0 bridgehead atoms. The minimum Gasteiger partial charge on any atom is -0.469 e. The monoisotopic (exact) mass is 263 g/mol. The molecule has 0 radical (unpaired) electrons. The predicted octanol–water partition coefficient (Wildman–Crippen LogP) is 3.24. The van der Waals surface area contributed by atoms with E-state index in [1.807, 2.05) is 0 Å². The van der Waals surface area contributed by atoms with Crippen LogP contribution >= 0.6 is 0 Å². The van der Waals surface area contributed by atoms with Gasteiger partial charge in [-0.25, -0.2) is 0 Å². The molecule has 0 aliphatic heterocycles. The maximum atomic E-state index is 11.0. The van der Waals surface area contributed by atoms with Crippen LogP contribution in [0.25, 0.3) is 0 Å². The quantitative estimate of drug-likeness (QED) is 0.578. The molecular formula is C16H25NO2. The SMILES string of the molecule is CCCc1ccc(C(C)NCCCC(=O)OC)cc1. The van der Waals surface area contributed by atoms with Crippen molar-refractivity contribution >= 4 is 5.97 Å². The molecule has 0 heterocycles. The summed E-state index contributed by atoms with van der Waals surface area (Å²) in [5, 5.41) is 3.42. The molecule has 1 atom stereocenters. The normalized spacial score (nSPS) is 12.2. The maximum absolute atomic E-state index is 11.0. The second kappa shape index (κ2) is 8.70. The number of carbonyl (C=O) groups excluding carboxylic acids is 1. The molecule has 0 spiro atoms. The molecule has 0 fully saturated rings. The van der Waals surface area contributed by atoms with Crippen molar-refractivity contribution in [3.05, 3.63) is 35.4 Å². The van der Waals surface area contributed by atoms with Crippen LogP contribution in [0.1, 0.15) is 50.3 Å². The molecular weight excluding hydrogens is 238 g/mol. The minimum atomic E-state index is -0.140. The Bertz CT molecular complexity index is 373. The van der Waals surface area contributed by atoms with Gasteiger partial charge in [0.1, 0.15) is 0 Å². The molecule has 106 valence electrons. The largest absolute Gasteiger partial charge is 0.469 e. The lowest BCUT2D eigenvalue weighted by molar-refractivity contribution is -0.140. The standard InChI is InChI=1S/C16H25NO2/c1-4-6-14-8-10-15(11-9-14)13(2)17-12-5-7-16(18)19-3/h8-11,13,17H,4-7,12H2,1-3H3. The molecule has 0 amide bonds. The van der Waals surface area contributed by atoms with E-state index >= 15 is 0 Å². The van der Waals surface area contributed by atoms with Gasteiger partial charge in [0, 0.05) is 12.5 Å². The Morgan fingerprint density at radius 3 is 2.58 bits per heavy atom. The molecule has 3 heteroatoms. The average Bonchev–Trinajstić information content (AvgIpc) is 2.44. The van der Waals surface area contributed by atoms with Crippen LogP contribution in [-0.4, -0.2) is 19.6 Å². The molecule has 1 aromatic carbocycles. The highest BCUT2D eigenvalue weighted by Crippen LogP contribution is 2.14. The molecule has 0 aliphatic carbocycles. The Morgan fingerprint density at radius 1 is 1.32 bits per heavy atom. The van der Waals surface area contributed by atoms with E-state index in [0.29, 0.717) is 12.5 Å². The first kappa shape index (κ1) is 15.7. The van der Waals surface area contributed by atoms with Crippen molar-refractivity contribution in [2.24, 2.45) is 0 Å². The zero-order chi connectivity index (χ0) is 14.1. The molecule has 1 unspecified atom stereocenters. The number of esters is 1. The van der Waals surface area contributed by atoms with Gasteiger partial charge in [-0.2, -0.15) is 0 Å². The van der Waals surface area contributed by atoms with Gasteiger partial charge in [0.05, 0.1) is 7.11 Å². The summed E-state index contributed by atoms with van der Waals surface area (Å²) in [6.07, 6.45) is 3.61.